The van der Waals surface area contributed by atoms with Crippen molar-refractivity contribution in [2.24, 2.45) is 0 Å². The highest BCUT2D eigenvalue weighted by Crippen LogP contribution is 2.21. The Hall–Kier alpha value is -4.48. The zero-order valence-electron chi connectivity index (χ0n) is 18.7. The summed E-state index contributed by atoms with van der Waals surface area (Å²) in [6.07, 6.45) is -1.45. The Balaban J connectivity index is 0.000000429. The Kier molecular flexibility index (Phi) is 7.64. The first-order chi connectivity index (χ1) is 16.5. The Morgan fingerprint density at radius 1 is 1.11 bits per heavy atom. The molecule has 182 valence electrons. The molecule has 0 aliphatic rings. The number of aryl methyl sites for hydroxylation is 2. The lowest BCUT2D eigenvalue weighted by atomic mass is 10.0. The second-order valence-electron chi connectivity index (χ2n) is 7.47. The van der Waals surface area contributed by atoms with Crippen LogP contribution in [0.2, 0.25) is 0 Å². The van der Waals surface area contributed by atoms with Gasteiger partial charge in [-0.1, -0.05) is 35.5 Å². The predicted octanol–water partition coefficient (Wildman–Crippen LogP) is 4.22. The SMILES string of the molecule is Cc1cnc(Cn2cc(-c3ccc(C)c(C(=O)Nc4ccccc4)c3)nn2)[nH]1.O=C(O)C(F)(F)F. The molecular formula is C23H21F3N6O3. The van der Waals surface area contributed by atoms with Crippen LogP contribution in [0.3, 0.4) is 0 Å². The van der Waals surface area contributed by atoms with Crippen molar-refractivity contribution < 1.29 is 27.9 Å². The summed E-state index contributed by atoms with van der Waals surface area (Å²) in [7, 11) is 0. The van der Waals surface area contributed by atoms with E-state index in [0.29, 0.717) is 17.8 Å². The van der Waals surface area contributed by atoms with Crippen LogP contribution in [0.25, 0.3) is 11.3 Å². The van der Waals surface area contributed by atoms with Crippen LogP contribution in [-0.2, 0) is 11.3 Å². The molecule has 3 N–H and O–H groups in total. The number of amides is 1. The largest absolute Gasteiger partial charge is 0.490 e. The Labute approximate surface area is 197 Å². The number of hydrogen-bond donors (Lipinski definition) is 3. The van der Waals surface area contributed by atoms with Crippen LogP contribution in [0.1, 0.15) is 27.4 Å². The standard InChI is InChI=1S/C21H20N6O.C2HF3O2/c1-14-8-9-16(10-18(14)21(28)24-17-6-4-3-5-7-17)19-12-27(26-25-19)13-20-22-11-15(2)23-20;3-2(4,5)1(6)7/h3-12H,13H2,1-2H3,(H,22,23)(H,24,28);(H,6,7). The van der Waals surface area contributed by atoms with Gasteiger partial charge in [-0.15, -0.1) is 5.10 Å². The van der Waals surface area contributed by atoms with Crippen LogP contribution < -0.4 is 5.32 Å². The van der Waals surface area contributed by atoms with E-state index in [2.05, 4.69) is 25.6 Å². The zero-order chi connectivity index (χ0) is 25.6. The molecule has 0 bridgehead atoms. The topological polar surface area (TPSA) is 126 Å². The number of H-pyrrole nitrogens is 1. The molecule has 0 saturated heterocycles. The molecule has 0 aliphatic heterocycles. The number of alkyl halides is 3. The molecular weight excluding hydrogens is 465 g/mol. The van der Waals surface area contributed by atoms with Gasteiger partial charge in [0.05, 0.1) is 6.20 Å². The third-order valence-corrected chi connectivity index (χ3v) is 4.66. The molecule has 4 aromatic rings. The lowest BCUT2D eigenvalue weighted by Gasteiger charge is -2.09. The molecule has 35 heavy (non-hydrogen) atoms. The molecule has 0 unspecified atom stereocenters. The van der Waals surface area contributed by atoms with E-state index in [1.807, 2.05) is 68.6 Å². The fourth-order valence-electron chi connectivity index (χ4n) is 2.95. The summed E-state index contributed by atoms with van der Waals surface area (Å²) in [5.41, 5.74) is 4.82. The molecule has 4 rings (SSSR count). The van der Waals surface area contributed by atoms with Crippen LogP contribution in [0.15, 0.2) is 60.9 Å². The van der Waals surface area contributed by atoms with Crippen molar-refractivity contribution in [3.63, 3.8) is 0 Å². The molecule has 2 aromatic carbocycles. The average molecular weight is 486 g/mol. The van der Waals surface area contributed by atoms with Crippen molar-refractivity contribution in [3.05, 3.63) is 83.6 Å². The van der Waals surface area contributed by atoms with Crippen LogP contribution in [0.5, 0.6) is 0 Å². The van der Waals surface area contributed by atoms with Crippen molar-refractivity contribution >= 4 is 17.6 Å². The van der Waals surface area contributed by atoms with Crippen LogP contribution in [0, 0.1) is 13.8 Å². The third kappa shape index (κ3) is 7.00. The minimum atomic E-state index is -5.08. The number of anilines is 1. The Morgan fingerprint density at radius 3 is 2.40 bits per heavy atom. The average Bonchev–Trinajstić information content (AvgIpc) is 3.43. The van der Waals surface area contributed by atoms with Crippen LogP contribution in [-0.4, -0.2) is 48.1 Å². The van der Waals surface area contributed by atoms with Gasteiger partial charge in [-0.3, -0.25) is 4.79 Å². The number of aromatic amines is 1. The number of aromatic nitrogens is 5. The van der Waals surface area contributed by atoms with Gasteiger partial charge in [0.2, 0.25) is 0 Å². The minimum absolute atomic E-state index is 0.149. The highest BCUT2D eigenvalue weighted by atomic mass is 19.4. The first-order valence-corrected chi connectivity index (χ1v) is 10.2. The van der Waals surface area contributed by atoms with E-state index in [9.17, 15) is 18.0 Å². The van der Waals surface area contributed by atoms with Gasteiger partial charge >= 0.3 is 12.1 Å². The van der Waals surface area contributed by atoms with Gasteiger partial charge in [0.15, 0.2) is 0 Å². The molecule has 0 radical (unpaired) electrons. The van der Waals surface area contributed by atoms with E-state index in [-0.39, 0.29) is 5.91 Å². The molecule has 0 spiro atoms. The molecule has 12 heteroatoms. The molecule has 0 saturated carbocycles. The fraction of sp³-hybridized carbons (Fsp3) is 0.174. The Morgan fingerprint density at radius 2 is 1.80 bits per heavy atom. The second-order valence-corrected chi connectivity index (χ2v) is 7.47. The summed E-state index contributed by atoms with van der Waals surface area (Å²) < 4.78 is 33.5. The Bertz CT molecular complexity index is 1320. The number of carboxylic acids is 1. The lowest BCUT2D eigenvalue weighted by molar-refractivity contribution is -0.192. The zero-order valence-corrected chi connectivity index (χ0v) is 18.7. The highest BCUT2D eigenvalue weighted by molar-refractivity contribution is 6.05. The molecule has 9 nitrogen and oxygen atoms in total. The number of rotatable bonds is 5. The maximum absolute atomic E-state index is 12.7. The smallest absolute Gasteiger partial charge is 0.475 e. The first kappa shape index (κ1) is 25.1. The number of nitrogens with one attached hydrogen (secondary N) is 2. The predicted molar refractivity (Wildman–Crippen MR) is 121 cm³/mol. The van der Waals surface area contributed by atoms with Gasteiger partial charge in [0.25, 0.3) is 5.91 Å². The second kappa shape index (κ2) is 10.6. The van der Waals surface area contributed by atoms with Gasteiger partial charge in [-0.05, 0) is 37.6 Å². The number of aliphatic carboxylic acids is 1. The fourth-order valence-corrected chi connectivity index (χ4v) is 2.95. The molecule has 2 aromatic heterocycles. The minimum Gasteiger partial charge on any atom is -0.475 e. The highest BCUT2D eigenvalue weighted by Gasteiger charge is 2.38. The quantitative estimate of drug-likeness (QED) is 0.388. The van der Waals surface area contributed by atoms with Crippen molar-refractivity contribution in [3.8, 4) is 11.3 Å². The number of carbonyl (C=O) groups is 2. The summed E-state index contributed by atoms with van der Waals surface area (Å²) in [6, 6.07) is 15.1. The number of para-hydroxylation sites is 1. The van der Waals surface area contributed by atoms with Crippen LogP contribution >= 0.6 is 0 Å². The van der Waals surface area contributed by atoms with Gasteiger partial charge in [0.1, 0.15) is 18.1 Å². The number of nitrogens with zero attached hydrogens (tertiary/aromatic N) is 4. The summed E-state index contributed by atoms with van der Waals surface area (Å²) >= 11 is 0. The van der Waals surface area contributed by atoms with Gasteiger partial charge in [-0.25, -0.2) is 14.5 Å². The maximum atomic E-state index is 12.7. The van der Waals surface area contributed by atoms with Crippen molar-refractivity contribution in [2.75, 3.05) is 5.32 Å². The number of imidazole rings is 1. The summed E-state index contributed by atoms with van der Waals surface area (Å²) in [5, 5.41) is 18.5. The number of halogens is 3. The van der Waals surface area contributed by atoms with Gasteiger partial charge < -0.3 is 15.4 Å². The molecule has 0 aliphatic carbocycles. The van der Waals surface area contributed by atoms with Crippen molar-refractivity contribution in [1.29, 1.82) is 0 Å². The van der Waals surface area contributed by atoms with Crippen molar-refractivity contribution in [2.45, 2.75) is 26.6 Å². The lowest BCUT2D eigenvalue weighted by Crippen LogP contribution is -2.21. The maximum Gasteiger partial charge on any atom is 0.490 e. The van der Waals surface area contributed by atoms with E-state index >= 15 is 0 Å². The van der Waals surface area contributed by atoms with Gasteiger partial charge in [0, 0.05) is 28.7 Å². The first-order valence-electron chi connectivity index (χ1n) is 10.2. The van der Waals surface area contributed by atoms with E-state index in [0.717, 1.165) is 28.3 Å². The number of carbonyl (C=O) groups excluding carboxylic acids is 1. The normalized spacial score (nSPS) is 10.9. The van der Waals surface area contributed by atoms with E-state index in [4.69, 9.17) is 9.90 Å². The van der Waals surface area contributed by atoms with E-state index in [1.54, 1.807) is 10.9 Å². The molecule has 0 atom stereocenters. The van der Waals surface area contributed by atoms with Crippen molar-refractivity contribution in [1.82, 2.24) is 25.0 Å². The summed E-state index contributed by atoms with van der Waals surface area (Å²) in [6.45, 7) is 4.38. The summed E-state index contributed by atoms with van der Waals surface area (Å²) in [4.78, 5) is 29.1. The van der Waals surface area contributed by atoms with Crippen LogP contribution in [0.4, 0.5) is 18.9 Å². The third-order valence-electron chi connectivity index (χ3n) is 4.66. The number of carboxylic acid groups (broad SMARTS) is 1. The molecule has 1 amide bonds. The van der Waals surface area contributed by atoms with Gasteiger partial charge in [-0.2, -0.15) is 13.2 Å². The van der Waals surface area contributed by atoms with E-state index in [1.165, 1.54) is 0 Å². The molecule has 2 heterocycles. The molecule has 0 fully saturated rings. The van der Waals surface area contributed by atoms with E-state index < -0.39 is 12.1 Å². The monoisotopic (exact) mass is 486 g/mol. The number of benzene rings is 2. The summed E-state index contributed by atoms with van der Waals surface area (Å²) in [5.74, 6) is -2.09. The number of hydrogen-bond acceptors (Lipinski definition) is 5.